The molecule has 0 bridgehead atoms. The Labute approximate surface area is 137 Å². The quantitative estimate of drug-likeness (QED) is 0.663. The monoisotopic (exact) mass is 327 g/mol. The van der Waals surface area contributed by atoms with Gasteiger partial charge in [0.25, 0.3) is 0 Å². The minimum atomic E-state index is -1.06. The van der Waals surface area contributed by atoms with Crippen LogP contribution in [0.3, 0.4) is 0 Å². The lowest BCUT2D eigenvalue weighted by molar-refractivity contribution is -0.144. The predicted molar refractivity (Wildman–Crippen MR) is 86.9 cm³/mol. The minimum Gasteiger partial charge on any atom is -0.480 e. The Bertz CT molecular complexity index is 457. The number of nitrogens with one attached hydrogen (secondary N) is 2. The number of carboxylic acids is 1. The van der Waals surface area contributed by atoms with Crippen molar-refractivity contribution in [1.82, 2.24) is 15.5 Å². The van der Waals surface area contributed by atoms with Crippen molar-refractivity contribution in [1.29, 1.82) is 0 Å². The van der Waals surface area contributed by atoms with E-state index < -0.39 is 18.1 Å². The first-order chi connectivity index (χ1) is 10.5. The zero-order chi connectivity index (χ0) is 17.8. The Hall–Kier alpha value is -1.63. The smallest absolute Gasteiger partial charge is 0.326 e. The fourth-order valence-electron chi connectivity index (χ4n) is 2.54. The van der Waals surface area contributed by atoms with E-state index >= 15 is 0 Å². The summed E-state index contributed by atoms with van der Waals surface area (Å²) in [6.07, 6.45) is 1.32. The van der Waals surface area contributed by atoms with Gasteiger partial charge in [-0.25, -0.2) is 4.79 Å². The summed E-state index contributed by atoms with van der Waals surface area (Å²) >= 11 is 0. The number of hydrogen-bond acceptors (Lipinski definition) is 4. The molecular formula is C16H29N3O4. The minimum absolute atomic E-state index is 0.131. The summed E-state index contributed by atoms with van der Waals surface area (Å²) in [5, 5.41) is 14.9. The van der Waals surface area contributed by atoms with E-state index in [1.165, 1.54) is 0 Å². The summed E-state index contributed by atoms with van der Waals surface area (Å²) in [5.74, 6) is -1.79. The fourth-order valence-corrected chi connectivity index (χ4v) is 2.54. The van der Waals surface area contributed by atoms with E-state index in [2.05, 4.69) is 10.6 Å². The molecule has 132 valence electrons. The van der Waals surface area contributed by atoms with Crippen LogP contribution in [-0.4, -0.2) is 58.5 Å². The van der Waals surface area contributed by atoms with Crippen LogP contribution in [0.2, 0.25) is 0 Å². The Balaban J connectivity index is 2.68. The fraction of sp³-hybridized carbons (Fsp3) is 0.812. The van der Waals surface area contributed by atoms with Crippen molar-refractivity contribution in [2.24, 2.45) is 5.92 Å². The third kappa shape index (κ3) is 5.82. The number of amides is 2. The predicted octanol–water partition coefficient (Wildman–Crippen LogP) is 0.591. The third-order valence-corrected chi connectivity index (χ3v) is 3.88. The standard InChI is InChI=1S/C16H29N3O4/c1-10(2)13(15(22)23)18-14(21)11-7-6-8-19(11)12(20)9-17-16(3,4)5/h10-11,13,17H,6-9H2,1-5H3,(H,18,21)(H,22,23)/t11-,13-/m0/s1. The summed E-state index contributed by atoms with van der Waals surface area (Å²) in [4.78, 5) is 37.5. The van der Waals surface area contributed by atoms with E-state index in [0.717, 1.165) is 6.42 Å². The molecule has 0 unspecified atom stereocenters. The van der Waals surface area contributed by atoms with Crippen LogP contribution >= 0.6 is 0 Å². The van der Waals surface area contributed by atoms with Gasteiger partial charge in [0.1, 0.15) is 12.1 Å². The number of nitrogens with zero attached hydrogens (tertiary/aromatic N) is 1. The van der Waals surface area contributed by atoms with Crippen molar-refractivity contribution in [2.75, 3.05) is 13.1 Å². The Morgan fingerprint density at radius 1 is 1.26 bits per heavy atom. The molecule has 1 saturated heterocycles. The van der Waals surface area contributed by atoms with Crippen LogP contribution in [-0.2, 0) is 14.4 Å². The highest BCUT2D eigenvalue weighted by atomic mass is 16.4. The molecule has 23 heavy (non-hydrogen) atoms. The molecule has 1 aliphatic heterocycles. The molecule has 1 heterocycles. The van der Waals surface area contributed by atoms with E-state index in [1.54, 1.807) is 18.7 Å². The van der Waals surface area contributed by atoms with Crippen LogP contribution in [0.4, 0.5) is 0 Å². The van der Waals surface area contributed by atoms with Crippen LogP contribution < -0.4 is 10.6 Å². The van der Waals surface area contributed by atoms with E-state index in [-0.39, 0.29) is 29.8 Å². The molecule has 0 spiro atoms. The second kappa shape index (κ2) is 7.77. The highest BCUT2D eigenvalue weighted by Crippen LogP contribution is 2.18. The van der Waals surface area contributed by atoms with Gasteiger partial charge >= 0.3 is 5.97 Å². The number of carboxylic acid groups (broad SMARTS) is 1. The molecule has 0 aromatic carbocycles. The van der Waals surface area contributed by atoms with Crippen LogP contribution in [0.25, 0.3) is 0 Å². The summed E-state index contributed by atoms with van der Waals surface area (Å²) in [5.41, 5.74) is -0.181. The Kier molecular flexibility index (Phi) is 6.56. The van der Waals surface area contributed by atoms with Gasteiger partial charge in [-0.2, -0.15) is 0 Å². The van der Waals surface area contributed by atoms with Crippen molar-refractivity contribution in [3.05, 3.63) is 0 Å². The average molecular weight is 327 g/mol. The number of hydrogen-bond donors (Lipinski definition) is 3. The van der Waals surface area contributed by atoms with Gasteiger partial charge in [-0.1, -0.05) is 13.8 Å². The Morgan fingerprint density at radius 2 is 1.87 bits per heavy atom. The molecule has 2 atom stereocenters. The van der Waals surface area contributed by atoms with Gasteiger partial charge in [-0.3, -0.25) is 9.59 Å². The topological polar surface area (TPSA) is 98.7 Å². The molecule has 0 radical (unpaired) electrons. The summed E-state index contributed by atoms with van der Waals surface area (Å²) < 4.78 is 0. The van der Waals surface area contributed by atoms with E-state index in [9.17, 15) is 19.5 Å². The molecule has 1 fully saturated rings. The maximum Gasteiger partial charge on any atom is 0.326 e. The number of aliphatic carboxylic acids is 1. The highest BCUT2D eigenvalue weighted by molar-refractivity contribution is 5.91. The molecule has 0 aliphatic carbocycles. The van der Waals surface area contributed by atoms with Crippen molar-refractivity contribution in [3.63, 3.8) is 0 Å². The number of rotatable bonds is 6. The summed E-state index contributed by atoms with van der Waals surface area (Å²) in [7, 11) is 0. The first-order valence-electron chi connectivity index (χ1n) is 8.10. The van der Waals surface area contributed by atoms with Gasteiger partial charge < -0.3 is 20.6 Å². The summed E-state index contributed by atoms with van der Waals surface area (Å²) in [6.45, 7) is 10.1. The Morgan fingerprint density at radius 3 is 2.35 bits per heavy atom. The SMILES string of the molecule is CC(C)[C@H](NC(=O)[C@@H]1CCCN1C(=O)CNC(C)(C)C)C(=O)O. The molecule has 1 aliphatic rings. The van der Waals surface area contributed by atoms with Gasteiger partial charge in [0.15, 0.2) is 0 Å². The second-order valence-electron chi connectivity index (χ2n) is 7.42. The van der Waals surface area contributed by atoms with Crippen molar-refractivity contribution < 1.29 is 19.5 Å². The highest BCUT2D eigenvalue weighted by Gasteiger charge is 2.36. The normalized spacial score (nSPS) is 19.7. The van der Waals surface area contributed by atoms with E-state index in [1.807, 2.05) is 20.8 Å². The average Bonchev–Trinajstić information content (AvgIpc) is 2.89. The second-order valence-corrected chi connectivity index (χ2v) is 7.42. The van der Waals surface area contributed by atoms with Gasteiger partial charge in [0.2, 0.25) is 11.8 Å². The lowest BCUT2D eigenvalue weighted by atomic mass is 10.0. The zero-order valence-electron chi connectivity index (χ0n) is 14.7. The van der Waals surface area contributed by atoms with Gasteiger partial charge in [0.05, 0.1) is 6.54 Å². The molecular weight excluding hydrogens is 298 g/mol. The van der Waals surface area contributed by atoms with Crippen LogP contribution in [0.5, 0.6) is 0 Å². The molecule has 7 heteroatoms. The van der Waals surface area contributed by atoms with Gasteiger partial charge in [-0.05, 0) is 39.5 Å². The van der Waals surface area contributed by atoms with Crippen molar-refractivity contribution >= 4 is 17.8 Å². The molecule has 1 rings (SSSR count). The maximum atomic E-state index is 12.4. The van der Waals surface area contributed by atoms with E-state index in [4.69, 9.17) is 0 Å². The largest absolute Gasteiger partial charge is 0.480 e. The van der Waals surface area contributed by atoms with Crippen LogP contribution in [0.15, 0.2) is 0 Å². The first kappa shape index (κ1) is 19.4. The lowest BCUT2D eigenvalue weighted by Gasteiger charge is -2.28. The van der Waals surface area contributed by atoms with Gasteiger partial charge in [-0.15, -0.1) is 0 Å². The van der Waals surface area contributed by atoms with Gasteiger partial charge in [0, 0.05) is 12.1 Å². The number of carbonyl (C=O) groups excluding carboxylic acids is 2. The first-order valence-corrected chi connectivity index (χ1v) is 8.10. The lowest BCUT2D eigenvalue weighted by Crippen LogP contribution is -2.54. The van der Waals surface area contributed by atoms with E-state index in [0.29, 0.717) is 13.0 Å². The van der Waals surface area contributed by atoms with Crippen molar-refractivity contribution in [2.45, 2.75) is 65.1 Å². The molecule has 0 saturated carbocycles. The van der Waals surface area contributed by atoms with Crippen LogP contribution in [0.1, 0.15) is 47.5 Å². The zero-order valence-corrected chi connectivity index (χ0v) is 14.7. The van der Waals surface area contributed by atoms with Crippen molar-refractivity contribution in [3.8, 4) is 0 Å². The maximum absolute atomic E-state index is 12.4. The molecule has 0 aromatic heterocycles. The molecule has 7 nitrogen and oxygen atoms in total. The third-order valence-electron chi connectivity index (χ3n) is 3.88. The molecule has 0 aromatic rings. The van der Waals surface area contributed by atoms with Crippen LogP contribution in [0, 0.1) is 5.92 Å². The molecule has 2 amide bonds. The number of likely N-dealkylation sites (tertiary alicyclic amines) is 1. The summed E-state index contributed by atoms with van der Waals surface area (Å²) in [6, 6.07) is -1.52. The number of carbonyl (C=O) groups is 3. The molecule has 3 N–H and O–H groups in total.